The van der Waals surface area contributed by atoms with Crippen LogP contribution in [0, 0.1) is 23.1 Å². The highest BCUT2D eigenvalue weighted by Crippen LogP contribution is 2.30. The molecule has 0 radical (unpaired) electrons. The van der Waals surface area contributed by atoms with Crippen molar-refractivity contribution >= 4 is 0 Å². The summed E-state index contributed by atoms with van der Waals surface area (Å²) >= 11 is 0. The number of hydrogen-bond donors (Lipinski definition) is 0. The van der Waals surface area contributed by atoms with E-state index >= 15 is 0 Å². The van der Waals surface area contributed by atoms with Crippen LogP contribution in [0.2, 0.25) is 0 Å². The Morgan fingerprint density at radius 3 is 2.33 bits per heavy atom. The summed E-state index contributed by atoms with van der Waals surface area (Å²) in [5.41, 5.74) is 1.35. The van der Waals surface area contributed by atoms with Gasteiger partial charge in [0, 0.05) is 17.7 Å². The van der Waals surface area contributed by atoms with Crippen molar-refractivity contribution in [3.63, 3.8) is 0 Å². The molecule has 5 nitrogen and oxygen atoms in total. The molecule has 1 aromatic heterocycles. The fourth-order valence-corrected chi connectivity index (χ4v) is 2.55. The normalized spacial score (nSPS) is 10.8. The van der Waals surface area contributed by atoms with Crippen molar-refractivity contribution in [1.82, 2.24) is 9.78 Å². The summed E-state index contributed by atoms with van der Waals surface area (Å²) in [4.78, 5) is 12.5. The van der Waals surface area contributed by atoms with Crippen LogP contribution in [0.5, 0.6) is 11.5 Å². The molecule has 0 aliphatic rings. The van der Waals surface area contributed by atoms with Crippen molar-refractivity contribution in [1.29, 1.82) is 0 Å². The highest BCUT2D eigenvalue weighted by atomic mass is 19.1. The Kier molecular flexibility index (Phi) is 6.22. The van der Waals surface area contributed by atoms with Crippen molar-refractivity contribution in [3.8, 4) is 29.0 Å². The molecular formula is C24H23FN2O3. The van der Waals surface area contributed by atoms with E-state index in [9.17, 15) is 9.18 Å². The number of halogens is 1. The summed E-state index contributed by atoms with van der Waals surface area (Å²) < 4.78 is 25.5. The minimum Gasteiger partial charge on any atom is -0.493 e. The summed E-state index contributed by atoms with van der Waals surface area (Å²) in [5.74, 6) is 6.55. The second-order valence-corrected chi connectivity index (χ2v) is 7.94. The summed E-state index contributed by atoms with van der Waals surface area (Å²) in [6, 6.07) is 12.4. The Balaban J connectivity index is 1.84. The number of benzene rings is 2. The molecule has 30 heavy (non-hydrogen) atoms. The summed E-state index contributed by atoms with van der Waals surface area (Å²) in [5, 5.41) is 4.21. The first kappa shape index (κ1) is 21.1. The molecule has 0 aliphatic heterocycles. The maximum Gasteiger partial charge on any atom is 0.272 e. The molecule has 0 saturated heterocycles. The molecule has 1 heterocycles. The average Bonchev–Trinajstić information content (AvgIpc) is 2.71. The van der Waals surface area contributed by atoms with Gasteiger partial charge in [-0.05, 0) is 41.8 Å². The predicted octanol–water partition coefficient (Wildman–Crippen LogP) is 4.20. The van der Waals surface area contributed by atoms with E-state index in [0.29, 0.717) is 34.9 Å². The van der Waals surface area contributed by atoms with E-state index in [-0.39, 0.29) is 16.8 Å². The first-order chi connectivity index (χ1) is 14.2. The van der Waals surface area contributed by atoms with Gasteiger partial charge in [0.15, 0.2) is 11.5 Å². The van der Waals surface area contributed by atoms with Crippen molar-refractivity contribution in [3.05, 3.63) is 82.0 Å². The molecule has 3 rings (SSSR count). The lowest BCUT2D eigenvalue weighted by molar-refractivity contribution is 0.191. The first-order valence-corrected chi connectivity index (χ1v) is 9.43. The Morgan fingerprint density at radius 2 is 1.70 bits per heavy atom. The third kappa shape index (κ3) is 5.48. The van der Waals surface area contributed by atoms with Gasteiger partial charge in [0.25, 0.3) is 5.56 Å². The molecule has 0 bridgehead atoms. The summed E-state index contributed by atoms with van der Waals surface area (Å²) in [7, 11) is 1.55. The van der Waals surface area contributed by atoms with Gasteiger partial charge in [-0.15, -0.1) is 0 Å². The standard InChI is InChI=1S/C24H23FN2O3/c1-24(2,3)16-30-21-12-11-20(14-22(21)29-4)27-23(28)13-18(15-26-27)6-5-17-7-9-19(25)10-8-17/h7-15H,16H2,1-4H3. The lowest BCUT2D eigenvalue weighted by Gasteiger charge is -2.20. The van der Waals surface area contributed by atoms with E-state index in [4.69, 9.17) is 9.47 Å². The molecule has 0 amide bonds. The lowest BCUT2D eigenvalue weighted by atomic mass is 9.99. The molecule has 6 heteroatoms. The zero-order valence-corrected chi connectivity index (χ0v) is 17.4. The Bertz CT molecular complexity index is 1150. The van der Waals surface area contributed by atoms with Crippen LogP contribution in [0.25, 0.3) is 5.69 Å². The molecule has 0 N–H and O–H groups in total. The maximum absolute atomic E-state index is 13.0. The average molecular weight is 406 g/mol. The predicted molar refractivity (Wildman–Crippen MR) is 114 cm³/mol. The van der Waals surface area contributed by atoms with Crippen LogP contribution in [0.4, 0.5) is 4.39 Å². The van der Waals surface area contributed by atoms with Gasteiger partial charge in [0.1, 0.15) is 5.82 Å². The molecule has 0 saturated carbocycles. The number of nitrogens with zero attached hydrogens (tertiary/aromatic N) is 2. The molecule has 154 valence electrons. The number of rotatable bonds is 4. The molecule has 2 aromatic carbocycles. The van der Waals surface area contributed by atoms with E-state index < -0.39 is 0 Å². The second-order valence-electron chi connectivity index (χ2n) is 7.94. The van der Waals surface area contributed by atoms with Crippen LogP contribution in [-0.2, 0) is 0 Å². The SMILES string of the molecule is COc1cc(-n2ncc(C#Cc3ccc(F)cc3)cc2=O)ccc1OCC(C)(C)C. The van der Waals surface area contributed by atoms with Crippen molar-refractivity contribution in [2.24, 2.45) is 5.41 Å². The molecule has 0 spiro atoms. The van der Waals surface area contributed by atoms with E-state index in [1.807, 2.05) is 0 Å². The molecule has 0 atom stereocenters. The number of ether oxygens (including phenoxy) is 2. The third-order valence-corrected chi connectivity index (χ3v) is 4.05. The highest BCUT2D eigenvalue weighted by molar-refractivity contribution is 5.49. The van der Waals surface area contributed by atoms with E-state index in [1.165, 1.54) is 29.1 Å². The highest BCUT2D eigenvalue weighted by Gasteiger charge is 2.14. The van der Waals surface area contributed by atoms with Gasteiger partial charge in [-0.1, -0.05) is 32.6 Å². The van der Waals surface area contributed by atoms with Gasteiger partial charge in [0.05, 0.1) is 31.2 Å². The van der Waals surface area contributed by atoms with Crippen molar-refractivity contribution in [2.45, 2.75) is 20.8 Å². The Hall–Kier alpha value is -3.59. The molecule has 0 aliphatic carbocycles. The lowest BCUT2D eigenvalue weighted by Crippen LogP contribution is -2.20. The van der Waals surface area contributed by atoms with Crippen LogP contribution < -0.4 is 15.0 Å². The quantitative estimate of drug-likeness (QED) is 0.610. The zero-order valence-electron chi connectivity index (χ0n) is 17.4. The van der Waals surface area contributed by atoms with Gasteiger partial charge in [-0.2, -0.15) is 9.78 Å². The smallest absolute Gasteiger partial charge is 0.272 e. The van der Waals surface area contributed by atoms with E-state index in [2.05, 4.69) is 37.7 Å². The van der Waals surface area contributed by atoms with Gasteiger partial charge < -0.3 is 9.47 Å². The summed E-state index contributed by atoms with van der Waals surface area (Å²) in [6.45, 7) is 6.77. The fraction of sp³-hybridized carbons (Fsp3) is 0.250. The van der Waals surface area contributed by atoms with Crippen LogP contribution in [0.3, 0.4) is 0 Å². The van der Waals surface area contributed by atoms with Crippen molar-refractivity contribution in [2.75, 3.05) is 13.7 Å². The van der Waals surface area contributed by atoms with Crippen molar-refractivity contribution < 1.29 is 13.9 Å². The minimum atomic E-state index is -0.327. The third-order valence-electron chi connectivity index (χ3n) is 4.05. The topological polar surface area (TPSA) is 53.4 Å². The molecular weight excluding hydrogens is 383 g/mol. The Morgan fingerprint density at radius 1 is 1.00 bits per heavy atom. The van der Waals surface area contributed by atoms with Crippen LogP contribution in [-0.4, -0.2) is 23.5 Å². The molecule has 0 fully saturated rings. The largest absolute Gasteiger partial charge is 0.493 e. The van der Waals surface area contributed by atoms with Gasteiger partial charge in [0.2, 0.25) is 0 Å². The van der Waals surface area contributed by atoms with Gasteiger partial charge in [-0.3, -0.25) is 4.79 Å². The summed E-state index contributed by atoms with van der Waals surface area (Å²) in [6.07, 6.45) is 1.51. The van der Waals surface area contributed by atoms with Crippen LogP contribution >= 0.6 is 0 Å². The fourth-order valence-electron chi connectivity index (χ4n) is 2.55. The number of hydrogen-bond acceptors (Lipinski definition) is 4. The first-order valence-electron chi connectivity index (χ1n) is 9.43. The van der Waals surface area contributed by atoms with E-state index in [0.717, 1.165) is 0 Å². The van der Waals surface area contributed by atoms with Gasteiger partial charge >= 0.3 is 0 Å². The molecule has 0 unspecified atom stereocenters. The maximum atomic E-state index is 13.0. The van der Waals surface area contributed by atoms with Crippen LogP contribution in [0.15, 0.2) is 59.5 Å². The second kappa shape index (κ2) is 8.83. The van der Waals surface area contributed by atoms with E-state index in [1.54, 1.807) is 37.4 Å². The minimum absolute atomic E-state index is 0.00690. The number of aromatic nitrogens is 2. The molecule has 3 aromatic rings. The zero-order chi connectivity index (χ0) is 21.7. The van der Waals surface area contributed by atoms with Crippen LogP contribution in [0.1, 0.15) is 31.9 Å². The number of methoxy groups -OCH3 is 1. The van der Waals surface area contributed by atoms with Gasteiger partial charge in [-0.25, -0.2) is 4.39 Å². The monoisotopic (exact) mass is 406 g/mol. The Labute approximate surface area is 175 Å².